The number of nitrogens with two attached hydrogens (primary N) is 1. The molecule has 3 aliphatic heterocycles. The highest BCUT2D eigenvalue weighted by atomic mass is 35.5. The molecule has 2 saturated heterocycles. The fraction of sp³-hybridized carbons (Fsp3) is 0.708. The van der Waals surface area contributed by atoms with E-state index in [1.54, 1.807) is 6.07 Å². The van der Waals surface area contributed by atoms with Crippen molar-refractivity contribution in [2.24, 2.45) is 11.8 Å². The molecule has 0 aromatic heterocycles. The first kappa shape index (κ1) is 23.4. The van der Waals surface area contributed by atoms with E-state index < -0.39 is 0 Å². The molecule has 5 nitrogen and oxygen atoms in total. The first-order valence-corrected chi connectivity index (χ1v) is 11.2. The lowest BCUT2D eigenvalue weighted by molar-refractivity contribution is -0.716. The zero-order chi connectivity index (χ0) is 20.6. The molecule has 1 spiro atoms. The van der Waals surface area contributed by atoms with Crippen LogP contribution in [-0.4, -0.2) is 37.4 Å². The Morgan fingerprint density at radius 1 is 1.37 bits per heavy atom. The van der Waals surface area contributed by atoms with Gasteiger partial charge in [0.15, 0.2) is 0 Å². The van der Waals surface area contributed by atoms with Crippen molar-refractivity contribution in [1.29, 1.82) is 0 Å². The van der Waals surface area contributed by atoms with Gasteiger partial charge in [0.25, 0.3) is 0 Å². The van der Waals surface area contributed by atoms with E-state index in [2.05, 4.69) is 26.1 Å². The number of fused-ring (bicyclic) bond motifs is 3. The third kappa shape index (κ3) is 4.35. The van der Waals surface area contributed by atoms with Crippen LogP contribution in [0.5, 0.6) is 5.75 Å². The Labute approximate surface area is 186 Å². The molecule has 0 unspecified atom stereocenters. The van der Waals surface area contributed by atoms with Gasteiger partial charge in [-0.3, -0.25) is 0 Å². The number of esters is 1. The van der Waals surface area contributed by atoms with Crippen molar-refractivity contribution in [3.05, 3.63) is 29.3 Å². The maximum Gasteiger partial charge on any atom is 0.337 e. The van der Waals surface area contributed by atoms with Gasteiger partial charge in [0.1, 0.15) is 23.5 Å². The van der Waals surface area contributed by atoms with Gasteiger partial charge in [-0.15, -0.1) is 0 Å². The summed E-state index contributed by atoms with van der Waals surface area (Å²) in [6.45, 7) is 8.80. The number of benzene rings is 1. The molecule has 0 bridgehead atoms. The van der Waals surface area contributed by atoms with Crippen LogP contribution in [0.25, 0.3) is 0 Å². The molecule has 0 amide bonds. The molecule has 1 aromatic carbocycles. The van der Waals surface area contributed by atoms with Crippen molar-refractivity contribution in [3.63, 3.8) is 0 Å². The van der Waals surface area contributed by atoms with Crippen LogP contribution in [0.2, 0.25) is 0 Å². The van der Waals surface area contributed by atoms with E-state index in [1.165, 1.54) is 32.9 Å². The molecule has 2 fully saturated rings. The summed E-state index contributed by atoms with van der Waals surface area (Å²) in [5.74, 6) is 1.53. The minimum absolute atomic E-state index is 0. The van der Waals surface area contributed by atoms with Crippen LogP contribution in [-0.2, 0) is 9.47 Å². The van der Waals surface area contributed by atoms with Crippen molar-refractivity contribution >= 4 is 5.97 Å². The molecule has 0 aliphatic carbocycles. The third-order valence-electron chi connectivity index (χ3n) is 7.32. The molecule has 4 rings (SSSR count). The number of carbonyl (C=O) groups is 1. The lowest BCUT2D eigenvalue weighted by Gasteiger charge is -2.52. The topological polar surface area (TPSA) is 61.4 Å². The number of carbonyl (C=O) groups excluding carboxylic acids is 1. The first-order valence-electron chi connectivity index (χ1n) is 11.2. The number of ether oxygens (including phenoxy) is 3. The largest absolute Gasteiger partial charge is 1.00 e. The van der Waals surface area contributed by atoms with Crippen molar-refractivity contribution < 1.29 is 36.7 Å². The Hall–Kier alpha value is -1.30. The van der Waals surface area contributed by atoms with Crippen molar-refractivity contribution in [3.8, 4) is 5.75 Å². The summed E-state index contributed by atoms with van der Waals surface area (Å²) in [6, 6.07) is 5.64. The fourth-order valence-corrected chi connectivity index (χ4v) is 5.63. The van der Waals surface area contributed by atoms with E-state index in [0.717, 1.165) is 37.2 Å². The summed E-state index contributed by atoms with van der Waals surface area (Å²) in [5, 5.41) is 2.50. The van der Waals surface area contributed by atoms with Gasteiger partial charge in [-0.2, -0.15) is 0 Å². The number of hydrogen-bond donors (Lipinski definition) is 1. The average molecular weight is 438 g/mol. The van der Waals surface area contributed by atoms with Crippen LogP contribution >= 0.6 is 0 Å². The minimum atomic E-state index is -0.314. The van der Waals surface area contributed by atoms with E-state index in [9.17, 15) is 4.79 Å². The molecular weight excluding hydrogens is 402 g/mol. The first-order chi connectivity index (χ1) is 13.9. The highest BCUT2D eigenvalue weighted by Crippen LogP contribution is 2.53. The molecule has 2 N–H and O–H groups in total. The molecule has 0 saturated carbocycles. The van der Waals surface area contributed by atoms with Gasteiger partial charge in [0, 0.05) is 30.7 Å². The van der Waals surface area contributed by atoms with Crippen molar-refractivity contribution in [2.75, 3.05) is 20.3 Å². The van der Waals surface area contributed by atoms with Crippen LogP contribution in [0.3, 0.4) is 0 Å². The molecule has 3 heterocycles. The molecule has 3 aliphatic rings. The number of methoxy groups -OCH3 is 1. The second-order valence-corrected chi connectivity index (χ2v) is 9.95. The van der Waals surface area contributed by atoms with Crippen LogP contribution in [0.15, 0.2) is 18.2 Å². The Morgan fingerprint density at radius 3 is 2.83 bits per heavy atom. The number of hydrogen-bond acceptors (Lipinski definition) is 4. The summed E-state index contributed by atoms with van der Waals surface area (Å²) in [5.41, 5.74) is 1.52. The number of halogens is 1. The second kappa shape index (κ2) is 9.05. The van der Waals surface area contributed by atoms with Gasteiger partial charge in [-0.1, -0.05) is 20.3 Å². The van der Waals surface area contributed by atoms with Crippen molar-refractivity contribution in [1.82, 2.24) is 0 Å². The zero-order valence-electron chi connectivity index (χ0n) is 18.7. The van der Waals surface area contributed by atoms with Gasteiger partial charge in [-0.05, 0) is 43.9 Å². The van der Waals surface area contributed by atoms with Crippen molar-refractivity contribution in [2.45, 2.75) is 76.5 Å². The Kier molecular flexibility index (Phi) is 7.05. The van der Waals surface area contributed by atoms with E-state index in [1.807, 2.05) is 12.1 Å². The molecule has 168 valence electrons. The Morgan fingerprint density at radius 2 is 2.17 bits per heavy atom. The average Bonchev–Trinajstić information content (AvgIpc) is 3.15. The Balaban J connectivity index is 0.00000256. The quantitative estimate of drug-likeness (QED) is 0.686. The molecule has 30 heavy (non-hydrogen) atoms. The zero-order valence-corrected chi connectivity index (χ0v) is 19.5. The maximum absolute atomic E-state index is 12.1. The summed E-state index contributed by atoms with van der Waals surface area (Å²) < 4.78 is 18.2. The van der Waals surface area contributed by atoms with Crippen LogP contribution in [0, 0.1) is 11.8 Å². The van der Waals surface area contributed by atoms with Gasteiger partial charge >= 0.3 is 5.97 Å². The standard InChI is InChI=1S/C24H35NO4.ClH/c1-16(2)7-5-10-23(3)19-14-24(11-6-12-25-24)15-28-21(19)18-13-17(22(26)27-4)8-9-20(18)29-23;/h8-9,13,16,19,21,25H,5-7,10-12,14-15H2,1-4H3;1H/t19-,21+,23+,24+;/m1./s1. The minimum Gasteiger partial charge on any atom is -1.00 e. The summed E-state index contributed by atoms with van der Waals surface area (Å²) in [6.07, 6.45) is 6.96. The number of quaternary nitrogens is 1. The summed E-state index contributed by atoms with van der Waals surface area (Å²) in [7, 11) is 1.42. The highest BCUT2D eigenvalue weighted by molar-refractivity contribution is 5.89. The summed E-state index contributed by atoms with van der Waals surface area (Å²) >= 11 is 0. The predicted octanol–water partition coefficient (Wildman–Crippen LogP) is 0.628. The Bertz CT molecular complexity index is 762. The SMILES string of the molecule is COC(=O)c1ccc2c(c1)[C@@H]1OC[C@]3(CCC[NH2+]3)C[C@H]1[C@](C)(CCCC(C)C)O2.[Cl-]. The van der Waals surface area contributed by atoms with Crippen LogP contribution < -0.4 is 22.5 Å². The molecular formula is C24H36ClNO4. The predicted molar refractivity (Wildman–Crippen MR) is 111 cm³/mol. The van der Waals surface area contributed by atoms with Crippen LogP contribution in [0.1, 0.15) is 81.3 Å². The van der Waals surface area contributed by atoms with Gasteiger partial charge < -0.3 is 31.9 Å². The lowest BCUT2D eigenvalue weighted by atomic mass is 9.68. The van der Waals surface area contributed by atoms with E-state index in [0.29, 0.717) is 11.5 Å². The smallest absolute Gasteiger partial charge is 0.337 e. The highest BCUT2D eigenvalue weighted by Gasteiger charge is 2.56. The number of rotatable bonds is 5. The van der Waals surface area contributed by atoms with Gasteiger partial charge in [0.2, 0.25) is 0 Å². The van der Waals surface area contributed by atoms with E-state index in [4.69, 9.17) is 14.2 Å². The van der Waals surface area contributed by atoms with E-state index >= 15 is 0 Å². The third-order valence-corrected chi connectivity index (χ3v) is 7.32. The molecule has 0 radical (unpaired) electrons. The molecule has 6 heteroatoms. The maximum atomic E-state index is 12.1. The van der Waals surface area contributed by atoms with Gasteiger partial charge in [-0.25, -0.2) is 4.79 Å². The summed E-state index contributed by atoms with van der Waals surface area (Å²) in [4.78, 5) is 12.1. The molecule has 1 aromatic rings. The molecule has 4 atom stereocenters. The van der Waals surface area contributed by atoms with E-state index in [-0.39, 0.29) is 41.5 Å². The van der Waals surface area contributed by atoms with Gasteiger partial charge in [0.05, 0.1) is 25.3 Å². The lowest BCUT2D eigenvalue weighted by Crippen LogP contribution is -3.00. The monoisotopic (exact) mass is 437 g/mol. The van der Waals surface area contributed by atoms with Crippen LogP contribution in [0.4, 0.5) is 0 Å². The normalized spacial score (nSPS) is 32.2. The second-order valence-electron chi connectivity index (χ2n) is 9.95. The fourth-order valence-electron chi connectivity index (χ4n) is 5.63.